The molecule has 0 radical (unpaired) electrons. The Bertz CT molecular complexity index is 395. The molecule has 21 heavy (non-hydrogen) atoms. The maximum Gasteiger partial charge on any atom is 0.223 e. The lowest BCUT2D eigenvalue weighted by Gasteiger charge is -2.36. The van der Waals surface area contributed by atoms with E-state index in [-0.39, 0.29) is 0 Å². The predicted octanol–water partition coefficient (Wildman–Crippen LogP) is 4.32. The van der Waals surface area contributed by atoms with Crippen molar-refractivity contribution in [2.75, 3.05) is 0 Å². The maximum atomic E-state index is 11.3. The first-order valence-corrected chi connectivity index (χ1v) is 10.8. The lowest BCUT2D eigenvalue weighted by atomic mass is 9.89. The second-order valence-corrected chi connectivity index (χ2v) is 9.68. The van der Waals surface area contributed by atoms with Crippen molar-refractivity contribution in [2.45, 2.75) is 101 Å². The molecule has 1 aliphatic heterocycles. The van der Waals surface area contributed by atoms with Crippen LogP contribution in [0, 0.1) is 5.16 Å². The van der Waals surface area contributed by atoms with Gasteiger partial charge in [0.2, 0.25) is 7.58 Å². The lowest BCUT2D eigenvalue weighted by Crippen LogP contribution is -2.44. The molecule has 0 spiro atoms. The summed E-state index contributed by atoms with van der Waals surface area (Å²) >= 11 is 0. The Morgan fingerprint density at radius 1 is 0.667 bits per heavy atom. The van der Waals surface area contributed by atoms with Crippen LogP contribution in [0.5, 0.6) is 0 Å². The highest BCUT2D eigenvalue weighted by Crippen LogP contribution is 2.65. The molecule has 3 saturated carbocycles. The normalized spacial score (nSPS) is 39.1. The summed E-state index contributed by atoms with van der Waals surface area (Å²) in [6.45, 7) is 0. The smallest absolute Gasteiger partial charge is 0.223 e. The monoisotopic (exact) mass is 311 g/mol. The van der Waals surface area contributed by atoms with E-state index in [1.165, 1.54) is 77.0 Å². The first kappa shape index (κ1) is 14.7. The van der Waals surface area contributed by atoms with Gasteiger partial charge in [-0.2, -0.15) is 0 Å². The molecule has 4 fully saturated rings. The number of fused-ring (bicyclic) bond motifs is 1. The van der Waals surface area contributed by atoms with E-state index >= 15 is 0 Å². The maximum absolute atomic E-state index is 11.3. The SMILES string of the molecule is N=P1(O)N(C2CCCC2)[C@@H]2CCCC[C@H]2N1C1CCCC1. The Kier molecular flexibility index (Phi) is 3.94. The number of hydrogen-bond donors (Lipinski definition) is 2. The summed E-state index contributed by atoms with van der Waals surface area (Å²) in [6.07, 6.45) is 15.0. The fraction of sp³-hybridized carbons (Fsp3) is 1.00. The van der Waals surface area contributed by atoms with Crippen molar-refractivity contribution in [3.8, 4) is 0 Å². The minimum Gasteiger partial charge on any atom is -0.337 e. The summed E-state index contributed by atoms with van der Waals surface area (Å²) in [4.78, 5) is 11.3. The molecule has 4 aliphatic rings. The first-order chi connectivity index (χ1) is 10.2. The molecule has 4 nitrogen and oxygen atoms in total. The van der Waals surface area contributed by atoms with Crippen LogP contribution in [-0.2, 0) is 0 Å². The van der Waals surface area contributed by atoms with E-state index in [0.717, 1.165) is 0 Å². The van der Waals surface area contributed by atoms with Gasteiger partial charge in [-0.05, 0) is 38.5 Å². The van der Waals surface area contributed by atoms with Crippen LogP contribution in [0.2, 0.25) is 0 Å². The van der Waals surface area contributed by atoms with E-state index in [0.29, 0.717) is 24.2 Å². The largest absolute Gasteiger partial charge is 0.337 e. The molecule has 1 saturated heterocycles. The zero-order valence-electron chi connectivity index (χ0n) is 13.1. The minimum absolute atomic E-state index is 0.485. The van der Waals surface area contributed by atoms with Crippen LogP contribution in [0.4, 0.5) is 0 Å². The third-order valence-electron chi connectivity index (χ3n) is 6.42. The van der Waals surface area contributed by atoms with Gasteiger partial charge in [-0.25, -0.2) is 9.34 Å². The average Bonchev–Trinajstić information content (AvgIpc) is 3.15. The van der Waals surface area contributed by atoms with Gasteiger partial charge in [-0.1, -0.05) is 38.5 Å². The molecule has 0 aromatic carbocycles. The van der Waals surface area contributed by atoms with Crippen molar-refractivity contribution >= 4 is 7.58 Å². The predicted molar refractivity (Wildman–Crippen MR) is 86.1 cm³/mol. The fourth-order valence-electron chi connectivity index (χ4n) is 5.58. The van der Waals surface area contributed by atoms with Crippen molar-refractivity contribution in [3.05, 3.63) is 0 Å². The quantitative estimate of drug-likeness (QED) is 0.747. The van der Waals surface area contributed by atoms with Gasteiger partial charge in [0.15, 0.2) is 0 Å². The number of nitrogens with one attached hydrogen (secondary N) is 1. The summed E-state index contributed by atoms with van der Waals surface area (Å²) in [7, 11) is -2.80. The number of hydrogen-bond acceptors (Lipinski definition) is 1. The molecule has 0 unspecified atom stereocenters. The third kappa shape index (κ3) is 2.34. The molecule has 0 aromatic heterocycles. The third-order valence-corrected chi connectivity index (χ3v) is 8.95. The van der Waals surface area contributed by atoms with Crippen molar-refractivity contribution in [1.82, 2.24) is 9.34 Å². The molecule has 2 atom stereocenters. The molecular weight excluding hydrogens is 281 g/mol. The molecule has 0 bridgehead atoms. The fourth-order valence-corrected chi connectivity index (χ4v) is 8.55. The summed E-state index contributed by atoms with van der Waals surface area (Å²) in [5, 5.41) is 8.94. The van der Waals surface area contributed by atoms with Gasteiger partial charge in [0.25, 0.3) is 0 Å². The van der Waals surface area contributed by atoms with Crippen LogP contribution >= 0.6 is 7.58 Å². The molecule has 120 valence electrons. The lowest BCUT2D eigenvalue weighted by molar-refractivity contribution is 0.159. The Balaban J connectivity index is 1.67. The van der Waals surface area contributed by atoms with E-state index in [1.54, 1.807) is 0 Å². The zero-order valence-corrected chi connectivity index (χ0v) is 14.0. The van der Waals surface area contributed by atoms with Crippen molar-refractivity contribution in [2.24, 2.45) is 0 Å². The molecular formula is C16H30N3OP. The second kappa shape index (κ2) is 5.63. The average molecular weight is 311 g/mol. The highest BCUT2D eigenvalue weighted by molar-refractivity contribution is 7.54. The van der Waals surface area contributed by atoms with Gasteiger partial charge >= 0.3 is 0 Å². The Morgan fingerprint density at radius 3 is 1.38 bits per heavy atom. The van der Waals surface area contributed by atoms with E-state index in [9.17, 15) is 4.89 Å². The van der Waals surface area contributed by atoms with Crippen LogP contribution in [0.25, 0.3) is 0 Å². The van der Waals surface area contributed by atoms with Gasteiger partial charge in [-0.15, -0.1) is 0 Å². The van der Waals surface area contributed by atoms with E-state index in [1.807, 2.05) is 0 Å². The summed E-state index contributed by atoms with van der Waals surface area (Å²) in [5.74, 6) is 0. The standard InChI is InChI=1S/C16H30N3OP/c17-21(20)18(13-7-1-2-8-13)15-11-5-6-12-16(15)19(21)14-9-3-4-10-14/h13-16H,1-12H2,(H2,17,20)/t15-,16-/m1/s1. The summed E-state index contributed by atoms with van der Waals surface area (Å²) in [6, 6.07) is 1.97. The van der Waals surface area contributed by atoms with Crippen LogP contribution in [0.15, 0.2) is 0 Å². The molecule has 1 heterocycles. The van der Waals surface area contributed by atoms with Gasteiger partial charge in [0.1, 0.15) is 0 Å². The summed E-state index contributed by atoms with van der Waals surface area (Å²) in [5.41, 5.74) is 0. The van der Waals surface area contributed by atoms with E-state index in [4.69, 9.17) is 5.16 Å². The van der Waals surface area contributed by atoms with Crippen LogP contribution < -0.4 is 0 Å². The van der Waals surface area contributed by atoms with Gasteiger partial charge in [0.05, 0.1) is 0 Å². The van der Waals surface area contributed by atoms with Crippen LogP contribution in [0.3, 0.4) is 0 Å². The van der Waals surface area contributed by atoms with Crippen LogP contribution in [-0.4, -0.2) is 38.4 Å². The molecule has 2 N–H and O–H groups in total. The summed E-state index contributed by atoms with van der Waals surface area (Å²) < 4.78 is 4.70. The van der Waals surface area contributed by atoms with Crippen molar-refractivity contribution in [3.63, 3.8) is 0 Å². The molecule has 0 aromatic rings. The highest BCUT2D eigenvalue weighted by Gasteiger charge is 2.56. The number of rotatable bonds is 2. The minimum atomic E-state index is -2.80. The Hall–Kier alpha value is 0.110. The van der Waals surface area contributed by atoms with E-state index < -0.39 is 7.58 Å². The van der Waals surface area contributed by atoms with Crippen LogP contribution in [0.1, 0.15) is 77.0 Å². The zero-order chi connectivity index (χ0) is 14.4. The highest BCUT2D eigenvalue weighted by atomic mass is 31.2. The van der Waals surface area contributed by atoms with Gasteiger partial charge in [0, 0.05) is 24.2 Å². The Labute approximate surface area is 128 Å². The van der Waals surface area contributed by atoms with Gasteiger partial charge in [-0.3, -0.25) is 5.16 Å². The Morgan fingerprint density at radius 2 is 1.00 bits per heavy atom. The molecule has 3 aliphatic carbocycles. The van der Waals surface area contributed by atoms with Gasteiger partial charge < -0.3 is 4.89 Å². The molecule has 4 rings (SSSR count). The molecule has 5 heteroatoms. The number of nitrogens with zero attached hydrogens (tertiary/aromatic N) is 2. The van der Waals surface area contributed by atoms with E-state index in [2.05, 4.69) is 9.34 Å². The van der Waals surface area contributed by atoms with Crippen molar-refractivity contribution < 1.29 is 4.89 Å². The second-order valence-electron chi connectivity index (χ2n) is 7.62. The first-order valence-electron chi connectivity index (χ1n) is 9.14. The van der Waals surface area contributed by atoms with Crippen molar-refractivity contribution in [1.29, 1.82) is 5.16 Å². The molecule has 0 amide bonds. The topological polar surface area (TPSA) is 50.6 Å².